The molecule has 0 aliphatic rings. The summed E-state index contributed by atoms with van der Waals surface area (Å²) in [6.07, 6.45) is 7.13. The molecule has 5 N–H and O–H groups in total. The first kappa shape index (κ1) is 26.7. The monoisotopic (exact) mass is 563 g/mol. The van der Waals surface area contributed by atoms with E-state index in [0.29, 0.717) is 22.8 Å². The van der Waals surface area contributed by atoms with Crippen molar-refractivity contribution in [2.24, 2.45) is 0 Å². The quantitative estimate of drug-likeness (QED) is 0.237. The summed E-state index contributed by atoms with van der Waals surface area (Å²) >= 11 is 0. The van der Waals surface area contributed by atoms with Crippen molar-refractivity contribution in [2.45, 2.75) is 0 Å². The molecule has 11 nitrogen and oxygen atoms in total. The highest BCUT2D eigenvalue weighted by molar-refractivity contribution is 5.83. The summed E-state index contributed by atoms with van der Waals surface area (Å²) in [6.45, 7) is 0. The van der Waals surface area contributed by atoms with Crippen molar-refractivity contribution in [2.75, 3.05) is 11.5 Å². The molecule has 0 unspecified atom stereocenters. The first-order valence-corrected chi connectivity index (χ1v) is 13.2. The molecule has 0 aliphatic heterocycles. The molecule has 0 atom stereocenters. The number of aromatic amines is 1. The molecule has 0 saturated heterocycles. The van der Waals surface area contributed by atoms with Gasteiger partial charge >= 0.3 is 0 Å². The van der Waals surface area contributed by atoms with Crippen LogP contribution in [0.1, 0.15) is 5.56 Å². The van der Waals surface area contributed by atoms with E-state index in [1.54, 1.807) is 27.8 Å². The molecule has 7 rings (SSSR count). The molecule has 0 fully saturated rings. The van der Waals surface area contributed by atoms with Gasteiger partial charge in [-0.05, 0) is 69.9 Å². The molecule has 0 bridgehead atoms. The van der Waals surface area contributed by atoms with Crippen molar-refractivity contribution < 1.29 is 0 Å². The van der Waals surface area contributed by atoms with Gasteiger partial charge in [0.25, 0.3) is 0 Å². The first-order chi connectivity index (χ1) is 21.1. The van der Waals surface area contributed by atoms with Crippen molar-refractivity contribution in [1.82, 2.24) is 40.2 Å². The zero-order chi connectivity index (χ0) is 29.6. The molecule has 208 valence electrons. The predicted molar refractivity (Wildman–Crippen MR) is 165 cm³/mol. The van der Waals surface area contributed by atoms with Gasteiger partial charge < -0.3 is 11.5 Å². The number of nitrogens with two attached hydrogens (primary N) is 2. The molecule has 0 spiro atoms. The number of H-pyrrole nitrogens is 1. The summed E-state index contributed by atoms with van der Waals surface area (Å²) in [5, 5.41) is 31.8. The molecule has 0 aliphatic carbocycles. The van der Waals surface area contributed by atoms with Gasteiger partial charge in [0.2, 0.25) is 5.82 Å². The van der Waals surface area contributed by atoms with E-state index in [9.17, 15) is 0 Å². The smallest absolute Gasteiger partial charge is 0.205 e. The van der Waals surface area contributed by atoms with Crippen molar-refractivity contribution in [3.8, 4) is 51.1 Å². The van der Waals surface area contributed by atoms with E-state index in [1.165, 1.54) is 0 Å². The van der Waals surface area contributed by atoms with E-state index in [-0.39, 0.29) is 0 Å². The van der Waals surface area contributed by atoms with Gasteiger partial charge in [0, 0.05) is 30.4 Å². The van der Waals surface area contributed by atoms with E-state index in [2.05, 4.69) is 36.9 Å². The molecule has 11 heteroatoms. The lowest BCUT2D eigenvalue weighted by Gasteiger charge is -2.10. The van der Waals surface area contributed by atoms with Crippen molar-refractivity contribution >= 4 is 11.4 Å². The number of hydrogen-bond acceptors (Lipinski definition) is 8. The standard InChI is InChI=1S/C16H13N7.C16H12N4/c17-14-10-11(6-7-15(14)23-9-3-8-18-23)12-4-1-2-5-13(12)16-19-21-22-20-16;17-11-13-4-1-2-5-14(13)12-6-7-16(15(18)10-12)20-9-3-8-19-20/h1-10H,17H2,(H,19,20,21,22);1-10H,18H2. The van der Waals surface area contributed by atoms with Gasteiger partial charge in [-0.25, -0.2) is 9.36 Å². The van der Waals surface area contributed by atoms with Crippen molar-refractivity contribution in [3.63, 3.8) is 0 Å². The maximum absolute atomic E-state index is 9.16. The molecule has 3 heterocycles. The lowest BCUT2D eigenvalue weighted by molar-refractivity contribution is 0.881. The number of nitriles is 1. The molecule has 3 aromatic heterocycles. The summed E-state index contributed by atoms with van der Waals surface area (Å²) < 4.78 is 3.46. The maximum Gasteiger partial charge on any atom is 0.205 e. The van der Waals surface area contributed by atoms with Crippen LogP contribution in [-0.2, 0) is 0 Å². The Labute approximate surface area is 246 Å². The van der Waals surface area contributed by atoms with Crippen LogP contribution in [0.2, 0.25) is 0 Å². The molecule has 0 radical (unpaired) electrons. The highest BCUT2D eigenvalue weighted by Gasteiger charge is 2.12. The molecule has 43 heavy (non-hydrogen) atoms. The number of nitrogens with zero attached hydrogens (tertiary/aromatic N) is 8. The van der Waals surface area contributed by atoms with E-state index in [1.807, 2.05) is 103 Å². The Bertz CT molecular complexity index is 2000. The summed E-state index contributed by atoms with van der Waals surface area (Å²) in [7, 11) is 0. The SMILES string of the molecule is N#Cc1ccccc1-c1ccc(-n2cccn2)c(N)c1.Nc1cc(-c2ccccc2-c2nn[nH]n2)ccc1-n1cccn1. The minimum absolute atomic E-state index is 0.551. The van der Waals surface area contributed by atoms with E-state index >= 15 is 0 Å². The molecule has 0 saturated carbocycles. The van der Waals surface area contributed by atoms with Gasteiger partial charge in [0.15, 0.2) is 0 Å². The van der Waals surface area contributed by atoms with E-state index < -0.39 is 0 Å². The van der Waals surface area contributed by atoms with Crippen molar-refractivity contribution in [1.29, 1.82) is 5.26 Å². The van der Waals surface area contributed by atoms with Gasteiger partial charge in [0.1, 0.15) is 0 Å². The van der Waals surface area contributed by atoms with Crippen LogP contribution in [0.25, 0.3) is 45.0 Å². The summed E-state index contributed by atoms with van der Waals surface area (Å²) in [4.78, 5) is 0. The number of tetrazole rings is 1. The summed E-state index contributed by atoms with van der Waals surface area (Å²) in [5.74, 6) is 0.551. The second kappa shape index (κ2) is 11.9. The van der Waals surface area contributed by atoms with Crippen LogP contribution in [0.15, 0.2) is 122 Å². The summed E-state index contributed by atoms with van der Waals surface area (Å²) in [5.41, 5.74) is 20.6. The van der Waals surface area contributed by atoms with E-state index in [4.69, 9.17) is 16.7 Å². The predicted octanol–water partition coefficient (Wildman–Crippen LogP) is 5.29. The average molecular weight is 564 g/mol. The lowest BCUT2D eigenvalue weighted by atomic mass is 9.98. The van der Waals surface area contributed by atoms with Crippen LogP contribution in [0.5, 0.6) is 0 Å². The highest BCUT2D eigenvalue weighted by atomic mass is 15.5. The largest absolute Gasteiger partial charge is 0.397 e. The first-order valence-electron chi connectivity index (χ1n) is 13.2. The van der Waals surface area contributed by atoms with Crippen LogP contribution in [0.3, 0.4) is 0 Å². The molecule has 4 aromatic carbocycles. The Kier molecular flexibility index (Phi) is 7.39. The molecular weight excluding hydrogens is 538 g/mol. The Morgan fingerprint density at radius 3 is 1.72 bits per heavy atom. The zero-order valence-electron chi connectivity index (χ0n) is 22.8. The van der Waals surface area contributed by atoms with Gasteiger partial charge in [-0.3, -0.25) is 0 Å². The Balaban J connectivity index is 0.000000155. The minimum atomic E-state index is 0.551. The molecule has 7 aromatic rings. The molecule has 0 amide bonds. The number of hydrogen-bond donors (Lipinski definition) is 3. The number of nitrogen functional groups attached to an aromatic ring is 2. The fraction of sp³-hybridized carbons (Fsp3) is 0. The number of benzene rings is 4. The van der Waals surface area contributed by atoms with Crippen LogP contribution < -0.4 is 11.5 Å². The fourth-order valence-electron chi connectivity index (χ4n) is 4.72. The maximum atomic E-state index is 9.16. The normalized spacial score (nSPS) is 10.5. The van der Waals surface area contributed by atoms with Gasteiger partial charge in [-0.1, -0.05) is 54.6 Å². The fourth-order valence-corrected chi connectivity index (χ4v) is 4.72. The van der Waals surface area contributed by atoms with Gasteiger partial charge in [0.05, 0.1) is 34.4 Å². The number of aromatic nitrogens is 8. The zero-order valence-corrected chi connectivity index (χ0v) is 22.8. The molecular formula is C32H25N11. The average Bonchev–Trinajstić information content (AvgIpc) is 3.86. The number of anilines is 2. The van der Waals surface area contributed by atoms with Crippen LogP contribution in [0, 0.1) is 11.3 Å². The highest BCUT2D eigenvalue weighted by Crippen LogP contribution is 2.32. The van der Waals surface area contributed by atoms with Crippen LogP contribution in [0.4, 0.5) is 11.4 Å². The Hall–Kier alpha value is -6.54. The van der Waals surface area contributed by atoms with Crippen molar-refractivity contribution in [3.05, 3.63) is 127 Å². The Morgan fingerprint density at radius 2 is 1.21 bits per heavy atom. The van der Waals surface area contributed by atoms with Gasteiger partial charge in [-0.2, -0.15) is 20.7 Å². The topological polar surface area (TPSA) is 166 Å². The minimum Gasteiger partial charge on any atom is -0.397 e. The third kappa shape index (κ3) is 5.57. The lowest BCUT2D eigenvalue weighted by Crippen LogP contribution is -2.00. The van der Waals surface area contributed by atoms with Gasteiger partial charge in [-0.15, -0.1) is 10.2 Å². The third-order valence-electron chi connectivity index (χ3n) is 6.74. The number of rotatable bonds is 5. The van der Waals surface area contributed by atoms with E-state index in [0.717, 1.165) is 39.2 Å². The summed E-state index contributed by atoms with van der Waals surface area (Å²) in [6, 6.07) is 32.9. The second-order valence-electron chi connectivity index (χ2n) is 9.39. The van der Waals surface area contributed by atoms with Crippen LogP contribution in [-0.4, -0.2) is 40.2 Å². The second-order valence-corrected chi connectivity index (χ2v) is 9.39. The van der Waals surface area contributed by atoms with Crippen LogP contribution >= 0.6 is 0 Å². The Morgan fingerprint density at radius 1 is 0.651 bits per heavy atom. The third-order valence-corrected chi connectivity index (χ3v) is 6.74. The number of nitrogens with one attached hydrogen (secondary N) is 1.